The number of hydrogen-bond donors (Lipinski definition) is 1. The van der Waals surface area contributed by atoms with Crippen LogP contribution in [0.25, 0.3) is 0 Å². The maximum absolute atomic E-state index is 14.0. The van der Waals surface area contributed by atoms with E-state index < -0.39 is 23.5 Å². The zero-order valence-electron chi connectivity index (χ0n) is 20.3. The van der Waals surface area contributed by atoms with Crippen molar-refractivity contribution in [1.82, 2.24) is 15.1 Å². The van der Waals surface area contributed by atoms with Gasteiger partial charge >= 0.3 is 0 Å². The molecule has 37 heavy (non-hydrogen) atoms. The minimum absolute atomic E-state index is 0.0174. The number of carbonyl (C=O) groups excluding carboxylic acids is 3. The first-order valence-corrected chi connectivity index (χ1v) is 12.9. The highest BCUT2D eigenvalue weighted by molar-refractivity contribution is 6.30. The van der Waals surface area contributed by atoms with Crippen LogP contribution in [0.2, 0.25) is 5.02 Å². The molecular formula is C27H29ClFN3O5. The monoisotopic (exact) mass is 529 g/mol. The molecule has 0 bridgehead atoms. The van der Waals surface area contributed by atoms with Crippen LogP contribution in [0.4, 0.5) is 4.39 Å². The average molecular weight is 530 g/mol. The lowest BCUT2D eigenvalue weighted by atomic mass is 9.96. The van der Waals surface area contributed by atoms with Crippen molar-refractivity contribution in [3.8, 4) is 0 Å². The van der Waals surface area contributed by atoms with E-state index in [4.69, 9.17) is 21.1 Å². The molecule has 2 aromatic rings. The van der Waals surface area contributed by atoms with Crippen LogP contribution < -0.4 is 5.32 Å². The van der Waals surface area contributed by atoms with Gasteiger partial charge in [-0.15, -0.1) is 0 Å². The van der Waals surface area contributed by atoms with Gasteiger partial charge in [0.05, 0.1) is 12.7 Å². The predicted molar refractivity (Wildman–Crippen MR) is 134 cm³/mol. The summed E-state index contributed by atoms with van der Waals surface area (Å²) < 4.78 is 25.8. The van der Waals surface area contributed by atoms with Crippen LogP contribution in [-0.4, -0.2) is 78.2 Å². The zero-order chi connectivity index (χ0) is 26.0. The average Bonchev–Trinajstić information content (AvgIpc) is 3.56. The predicted octanol–water partition coefficient (Wildman–Crippen LogP) is 3.25. The summed E-state index contributed by atoms with van der Waals surface area (Å²) in [4.78, 5) is 43.1. The summed E-state index contributed by atoms with van der Waals surface area (Å²) in [6.07, 6.45) is 2.42. The molecule has 10 heteroatoms. The summed E-state index contributed by atoms with van der Waals surface area (Å²) >= 11 is 5.95. The topological polar surface area (TPSA) is 88.2 Å². The van der Waals surface area contributed by atoms with Gasteiger partial charge in [-0.2, -0.15) is 0 Å². The molecule has 3 heterocycles. The first-order chi connectivity index (χ1) is 17.9. The third kappa shape index (κ3) is 5.35. The summed E-state index contributed by atoms with van der Waals surface area (Å²) in [5, 5.41) is 3.45. The quantitative estimate of drug-likeness (QED) is 0.642. The van der Waals surface area contributed by atoms with E-state index in [9.17, 15) is 18.8 Å². The Bertz CT molecular complexity index is 1160. The Morgan fingerprint density at radius 1 is 1.05 bits per heavy atom. The Kier molecular flexibility index (Phi) is 7.46. The second kappa shape index (κ2) is 10.8. The Balaban J connectivity index is 1.34. The normalized spacial score (nSPS) is 22.9. The molecular weight excluding hydrogens is 501 g/mol. The summed E-state index contributed by atoms with van der Waals surface area (Å²) in [7, 11) is 0. The molecule has 3 fully saturated rings. The molecule has 5 rings (SSSR count). The smallest absolute Gasteiger partial charge is 0.256 e. The maximum Gasteiger partial charge on any atom is 0.256 e. The van der Waals surface area contributed by atoms with E-state index in [0.29, 0.717) is 49.7 Å². The molecule has 3 aliphatic rings. The van der Waals surface area contributed by atoms with Crippen LogP contribution in [-0.2, 0) is 14.3 Å². The van der Waals surface area contributed by atoms with E-state index >= 15 is 0 Å². The molecule has 3 amide bonds. The number of carbonyl (C=O) groups is 3. The molecule has 1 spiro atoms. The molecule has 0 aliphatic carbocycles. The highest BCUT2D eigenvalue weighted by Crippen LogP contribution is 2.39. The third-order valence-corrected chi connectivity index (χ3v) is 7.56. The fourth-order valence-electron chi connectivity index (χ4n) is 5.30. The van der Waals surface area contributed by atoms with E-state index in [2.05, 4.69) is 5.32 Å². The van der Waals surface area contributed by atoms with Crippen molar-refractivity contribution in [3.05, 3.63) is 70.5 Å². The lowest BCUT2D eigenvalue weighted by Gasteiger charge is -2.44. The van der Waals surface area contributed by atoms with Crippen molar-refractivity contribution in [2.75, 3.05) is 32.8 Å². The van der Waals surface area contributed by atoms with Gasteiger partial charge < -0.3 is 19.7 Å². The Labute approximate surface area is 219 Å². The fraction of sp³-hybridized carbons (Fsp3) is 0.444. The number of benzene rings is 2. The standard InChI is InChI=1S/C27H29ClFN3O5/c28-20-8-6-18(7-9-20)25(34)31-12-10-27(11-13-31)32(26(35)19-3-1-4-21(29)15-19)23(17-37-27)24(33)30-16-22-5-2-14-36-22/h1,3-4,6-9,15,22-23H,2,5,10-14,16-17H2,(H,30,33)/t22-,23+/m1/s1. The van der Waals surface area contributed by atoms with Gasteiger partial charge in [0.1, 0.15) is 17.6 Å². The Hall–Kier alpha value is -3.01. The number of nitrogens with one attached hydrogen (secondary N) is 1. The van der Waals surface area contributed by atoms with Crippen molar-refractivity contribution >= 4 is 29.3 Å². The molecule has 3 aliphatic heterocycles. The maximum atomic E-state index is 14.0. The van der Waals surface area contributed by atoms with Gasteiger partial charge in [-0.05, 0) is 55.3 Å². The van der Waals surface area contributed by atoms with Gasteiger partial charge in [-0.3, -0.25) is 19.3 Å². The number of amides is 3. The van der Waals surface area contributed by atoms with E-state index in [0.717, 1.165) is 18.9 Å². The second-order valence-corrected chi connectivity index (χ2v) is 10.1. The van der Waals surface area contributed by atoms with Crippen molar-refractivity contribution in [3.63, 3.8) is 0 Å². The lowest BCUT2D eigenvalue weighted by molar-refractivity contribution is -0.128. The molecule has 196 valence electrons. The van der Waals surface area contributed by atoms with Crippen molar-refractivity contribution in [1.29, 1.82) is 0 Å². The van der Waals surface area contributed by atoms with E-state index in [1.54, 1.807) is 29.2 Å². The molecule has 8 nitrogen and oxygen atoms in total. The molecule has 2 atom stereocenters. The summed E-state index contributed by atoms with van der Waals surface area (Å²) in [5.74, 6) is -1.50. The molecule has 2 aromatic carbocycles. The molecule has 0 radical (unpaired) electrons. The van der Waals surface area contributed by atoms with Gasteiger partial charge in [-0.25, -0.2) is 4.39 Å². The molecule has 0 saturated carbocycles. The number of likely N-dealkylation sites (tertiary alicyclic amines) is 1. The van der Waals surface area contributed by atoms with E-state index in [1.165, 1.54) is 23.1 Å². The molecule has 1 N–H and O–H groups in total. The highest BCUT2D eigenvalue weighted by atomic mass is 35.5. The van der Waals surface area contributed by atoms with Crippen LogP contribution in [0.3, 0.4) is 0 Å². The van der Waals surface area contributed by atoms with Gasteiger partial charge in [0.25, 0.3) is 11.8 Å². The third-order valence-electron chi connectivity index (χ3n) is 7.30. The summed E-state index contributed by atoms with van der Waals surface area (Å²) in [5.41, 5.74) is -0.417. The summed E-state index contributed by atoms with van der Waals surface area (Å²) in [6, 6.07) is 11.2. The number of ether oxygens (including phenoxy) is 2. The number of nitrogens with zero attached hydrogens (tertiary/aromatic N) is 2. The SMILES string of the molecule is O=C(NC[C@H]1CCCO1)[C@@H]1COC2(CCN(C(=O)c3ccc(Cl)cc3)CC2)N1C(=O)c1cccc(F)c1. The molecule has 3 saturated heterocycles. The van der Waals surface area contributed by atoms with Crippen LogP contribution in [0, 0.1) is 5.82 Å². The van der Waals surface area contributed by atoms with Crippen molar-refractivity contribution < 1.29 is 28.2 Å². The lowest BCUT2D eigenvalue weighted by Crippen LogP contribution is -2.60. The van der Waals surface area contributed by atoms with Crippen LogP contribution in [0.5, 0.6) is 0 Å². The van der Waals surface area contributed by atoms with E-state index in [-0.39, 0.29) is 30.1 Å². The number of hydrogen-bond acceptors (Lipinski definition) is 5. The van der Waals surface area contributed by atoms with Crippen LogP contribution in [0.15, 0.2) is 48.5 Å². The fourth-order valence-corrected chi connectivity index (χ4v) is 5.43. The van der Waals surface area contributed by atoms with Gasteiger partial charge in [-0.1, -0.05) is 17.7 Å². The van der Waals surface area contributed by atoms with Crippen molar-refractivity contribution in [2.24, 2.45) is 0 Å². The second-order valence-electron chi connectivity index (χ2n) is 9.64. The first kappa shape index (κ1) is 25.6. The minimum atomic E-state index is -1.08. The zero-order valence-corrected chi connectivity index (χ0v) is 21.1. The Morgan fingerprint density at radius 3 is 2.49 bits per heavy atom. The summed E-state index contributed by atoms with van der Waals surface area (Å²) in [6.45, 7) is 1.71. The first-order valence-electron chi connectivity index (χ1n) is 12.5. The molecule has 0 unspecified atom stereocenters. The van der Waals surface area contributed by atoms with Gasteiger partial charge in [0.15, 0.2) is 0 Å². The molecule has 0 aromatic heterocycles. The largest absolute Gasteiger partial charge is 0.376 e. The Morgan fingerprint density at radius 2 is 1.81 bits per heavy atom. The van der Waals surface area contributed by atoms with E-state index in [1.807, 2.05) is 0 Å². The van der Waals surface area contributed by atoms with Crippen LogP contribution >= 0.6 is 11.6 Å². The highest BCUT2D eigenvalue weighted by Gasteiger charge is 2.54. The van der Waals surface area contributed by atoms with Crippen LogP contribution in [0.1, 0.15) is 46.4 Å². The number of piperidine rings is 1. The minimum Gasteiger partial charge on any atom is -0.376 e. The van der Waals surface area contributed by atoms with Gasteiger partial charge in [0, 0.05) is 55.2 Å². The number of halogens is 2. The van der Waals surface area contributed by atoms with Crippen molar-refractivity contribution in [2.45, 2.75) is 43.6 Å². The van der Waals surface area contributed by atoms with Gasteiger partial charge in [0.2, 0.25) is 5.91 Å². The number of rotatable bonds is 5.